The van der Waals surface area contributed by atoms with Gasteiger partial charge < -0.3 is 48.6 Å². The monoisotopic (exact) mass is 1810 g/mol. The molecule has 2 amide bonds. The molecule has 130 heavy (non-hydrogen) atoms. The number of benzene rings is 3. The number of fused-ring (bicyclic) bond motifs is 3. The lowest BCUT2D eigenvalue weighted by molar-refractivity contribution is 0.00578. The van der Waals surface area contributed by atoms with Crippen molar-refractivity contribution in [3.63, 3.8) is 0 Å². The summed E-state index contributed by atoms with van der Waals surface area (Å²) in [7, 11) is -0.398. The summed E-state index contributed by atoms with van der Waals surface area (Å²) in [6.45, 7) is 24.0. The zero-order valence-corrected chi connectivity index (χ0v) is 74.2. The number of nitrogens with one attached hydrogen (secondary N) is 1. The third kappa shape index (κ3) is 20.9. The molecular formula is C95H107BClF9N18O6. The molecule has 7 fully saturated rings. The van der Waals surface area contributed by atoms with Crippen molar-refractivity contribution in [2.45, 2.75) is 212 Å². The molecule has 7 aliphatic heterocycles. The highest BCUT2D eigenvalue weighted by atomic mass is 35.5. The fraction of sp³-hybridized carbons (Fsp3) is 0.442. The minimum atomic E-state index is -1.21. The van der Waals surface area contributed by atoms with E-state index in [1.54, 1.807) is 79.6 Å². The van der Waals surface area contributed by atoms with Crippen LogP contribution in [0.2, 0.25) is 5.02 Å². The second kappa shape index (κ2) is 38.5. The van der Waals surface area contributed by atoms with Crippen molar-refractivity contribution in [1.29, 1.82) is 0 Å². The van der Waals surface area contributed by atoms with Crippen LogP contribution in [-0.2, 0) is 18.8 Å². The molecule has 0 spiro atoms. The Kier molecular flexibility index (Phi) is 27.6. The van der Waals surface area contributed by atoms with Crippen LogP contribution in [-0.4, -0.2) is 188 Å². The minimum Gasteiger partial charge on any atom is -0.444 e. The van der Waals surface area contributed by atoms with Crippen LogP contribution in [0.5, 0.6) is 0 Å². The van der Waals surface area contributed by atoms with Gasteiger partial charge in [-0.2, -0.15) is 15.3 Å². The summed E-state index contributed by atoms with van der Waals surface area (Å²) in [5.41, 5.74) is 6.77. The highest BCUT2D eigenvalue weighted by molar-refractivity contribution is 6.62. The van der Waals surface area contributed by atoms with E-state index in [0.29, 0.717) is 87.8 Å². The van der Waals surface area contributed by atoms with Gasteiger partial charge in [-0.05, 0) is 230 Å². The normalized spacial score (nSPS) is 20.8. The number of rotatable bonds is 12. The number of aromatic nitrogens is 12. The van der Waals surface area contributed by atoms with Gasteiger partial charge in [0.1, 0.15) is 87.6 Å². The molecule has 6 atom stereocenters. The molecule has 0 aliphatic carbocycles. The van der Waals surface area contributed by atoms with Crippen molar-refractivity contribution in [3.05, 3.63) is 222 Å². The minimum absolute atomic E-state index is 0. The van der Waals surface area contributed by atoms with Gasteiger partial charge in [-0.3, -0.25) is 29.0 Å². The van der Waals surface area contributed by atoms with E-state index in [4.69, 9.17) is 40.4 Å². The zero-order valence-electron chi connectivity index (χ0n) is 73.4. The number of piperidine rings is 3. The number of ether oxygens (including phenoxy) is 2. The first-order valence-corrected chi connectivity index (χ1v) is 44.1. The lowest BCUT2D eigenvalue weighted by Crippen LogP contribution is -2.42. The molecule has 1 N–H and O–H groups in total. The maximum absolute atomic E-state index is 14.7. The molecule has 35 heteroatoms. The summed E-state index contributed by atoms with van der Waals surface area (Å²) >= 11 is 6.16. The first-order chi connectivity index (χ1) is 61.5. The third-order valence-electron chi connectivity index (χ3n) is 24.9. The van der Waals surface area contributed by atoms with Gasteiger partial charge in [0, 0.05) is 133 Å². The molecule has 7 aliphatic rings. The molecule has 24 nitrogen and oxygen atoms in total. The highest BCUT2D eigenvalue weighted by Gasteiger charge is 2.52. The number of amides is 2. The predicted octanol–water partition coefficient (Wildman–Crippen LogP) is 19.9. The summed E-state index contributed by atoms with van der Waals surface area (Å²) < 4.78 is 157. The molecule has 0 unspecified atom stereocenters. The number of carbonyl (C=O) groups excluding carboxylic acids is 2. The van der Waals surface area contributed by atoms with E-state index < -0.39 is 89.9 Å². The van der Waals surface area contributed by atoms with Crippen molar-refractivity contribution in [2.24, 2.45) is 0 Å². The van der Waals surface area contributed by atoms with E-state index in [0.717, 1.165) is 134 Å². The van der Waals surface area contributed by atoms with Crippen LogP contribution >= 0.6 is 11.6 Å². The molecule has 12 aromatic rings. The Morgan fingerprint density at radius 2 is 0.808 bits per heavy atom. The van der Waals surface area contributed by atoms with Crippen LogP contribution in [0.25, 0.3) is 55.4 Å². The molecule has 0 radical (unpaired) electrons. The summed E-state index contributed by atoms with van der Waals surface area (Å²) in [5, 5.41) is 17.6. The molecule has 7 saturated heterocycles. The lowest BCUT2D eigenvalue weighted by atomic mass is 9.82. The lowest BCUT2D eigenvalue weighted by Gasteiger charge is -2.33. The maximum atomic E-state index is 14.7. The van der Waals surface area contributed by atoms with E-state index >= 15 is 0 Å². The number of likely N-dealkylation sites (tertiary alicyclic amines) is 2. The van der Waals surface area contributed by atoms with E-state index in [1.165, 1.54) is 0 Å². The predicted molar refractivity (Wildman–Crippen MR) is 482 cm³/mol. The van der Waals surface area contributed by atoms with Crippen molar-refractivity contribution >= 4 is 86.9 Å². The molecule has 0 bridgehead atoms. The number of hydrogen-bond donors (Lipinski definition) is 1. The summed E-state index contributed by atoms with van der Waals surface area (Å²) in [6.07, 6.45) is 17.8. The van der Waals surface area contributed by atoms with Gasteiger partial charge in [0.05, 0.1) is 112 Å². The van der Waals surface area contributed by atoms with Crippen LogP contribution < -0.4 is 25.5 Å². The first kappa shape index (κ1) is 93.2. The van der Waals surface area contributed by atoms with E-state index in [2.05, 4.69) is 40.5 Å². The Bertz CT molecular complexity index is 6020. The summed E-state index contributed by atoms with van der Waals surface area (Å²) in [5.74, 6) is -1.94. The Morgan fingerprint density at radius 3 is 1.19 bits per heavy atom. The van der Waals surface area contributed by atoms with Gasteiger partial charge >= 0.3 is 19.3 Å². The van der Waals surface area contributed by atoms with Gasteiger partial charge in [0.2, 0.25) is 0 Å². The number of pyridine rings is 6. The molecule has 0 saturated carbocycles. The van der Waals surface area contributed by atoms with E-state index in [9.17, 15) is 49.1 Å². The second-order valence-corrected chi connectivity index (χ2v) is 37.2. The number of halogens is 10. The fourth-order valence-corrected chi connectivity index (χ4v) is 17.8. The van der Waals surface area contributed by atoms with E-state index in [-0.39, 0.29) is 98.5 Å². The van der Waals surface area contributed by atoms with Crippen LogP contribution in [0.1, 0.15) is 187 Å². The van der Waals surface area contributed by atoms with Crippen LogP contribution in [0, 0.1) is 34.9 Å². The molecule has 9 aromatic heterocycles. The topological polar surface area (TPSA) is 230 Å². The average molecular weight is 1810 g/mol. The Hall–Kier alpha value is -11.5. The van der Waals surface area contributed by atoms with Crippen LogP contribution in [0.3, 0.4) is 0 Å². The Balaban J connectivity index is 0.000000135. The fourth-order valence-electron chi connectivity index (χ4n) is 17.6. The maximum Gasteiger partial charge on any atom is 0.498 e. The molecular weight excluding hydrogens is 1710 g/mol. The zero-order chi connectivity index (χ0) is 91.1. The smallest absolute Gasteiger partial charge is 0.444 e. The summed E-state index contributed by atoms with van der Waals surface area (Å²) in [4.78, 5) is 60.5. The average Bonchev–Trinajstić information content (AvgIpc) is 1.57. The molecule has 3 aromatic carbocycles. The van der Waals surface area contributed by atoms with Gasteiger partial charge in [0.25, 0.3) is 0 Å². The van der Waals surface area contributed by atoms with Crippen molar-refractivity contribution < 1.29 is 67.9 Å². The molecule has 16 heterocycles. The van der Waals surface area contributed by atoms with Crippen molar-refractivity contribution in [3.8, 4) is 22.3 Å². The Labute approximate surface area is 754 Å². The third-order valence-corrected chi connectivity index (χ3v) is 25.2. The van der Waals surface area contributed by atoms with Crippen molar-refractivity contribution in [1.82, 2.24) is 74.4 Å². The van der Waals surface area contributed by atoms with Crippen molar-refractivity contribution in [2.75, 3.05) is 73.6 Å². The van der Waals surface area contributed by atoms with Crippen LogP contribution in [0.15, 0.2) is 165 Å². The number of carbonyl (C=O) groups is 2. The van der Waals surface area contributed by atoms with E-state index in [1.807, 2.05) is 139 Å². The standard InChI is InChI=1S/C31H33F3N6O2.C26H25F3N6.C19H32BN3O4.C18H13ClF3N3.CH4/c1-31(2,3)42-30(41)38-12-9-22(10-13-38)40-17-19(16-36-40)23-8-11-35-26-6-7-28(37-29(23)26)39-18-21(33)15-27(39)24-14-20(32)4-5-25(24)34;27-17-1-2-22(29)21(11-17)24-12-18(28)15-34(24)25-4-3-23-26(33-25)20(7-10-31-23)16-13-32-35(14-16)19-5-8-30-9-6-19;1-17(2,3)25-16(24)22-10-8-15(9-11-22)23-13-14(12-21-23)20-26-18(4,5)19(6,7)27-20;19-13-5-6-23-15-3-4-17(24-18(13)15)25-9-11(21)8-16(25)12-7-10(20)1-2-14(12)22;/h4-8,11,14,16-17,21-22,27H,9-10,12-13,15,18H2,1-3H3;1-4,7,10-11,13-14,18-19,24,30H,5-6,8-9,12,15H2;12-13,15H,8-11H2,1-7H3;1-7,11,16H,8-9H2;1H4/t21-,27+;18-,24+;;11-,16+;/m00.0./s1. The SMILES string of the molecule is C.CC(C)(C)OC(=O)N1CCC(n2cc(-c3ccnc4ccc(N5C[C@@H](F)C[C@@H]5c5cc(F)ccc5F)nc34)cn2)CC1.CC(C)(C)OC(=O)N1CCC(n2cc(B3OC(C)(C)C(C)(C)O3)cn2)CC1.Fc1ccc(F)c([C@H]2C[C@H](F)CN2c2ccc3nccc(-c4cnn(C5CCNCC5)c4)c3n2)c1.Fc1ccc(F)c([C@H]2C[C@H](F)CN2c2ccc3nccc(Cl)c3n2)c1. The number of alkyl halides is 3. The second-order valence-electron chi connectivity index (χ2n) is 36.8. The van der Waals surface area contributed by atoms with Crippen LogP contribution in [0.4, 0.5) is 66.6 Å². The largest absolute Gasteiger partial charge is 0.498 e. The van der Waals surface area contributed by atoms with Gasteiger partial charge in [0.15, 0.2) is 0 Å². The molecule has 19 rings (SSSR count). The number of nitrogens with zero attached hydrogens (tertiary/aromatic N) is 17. The van der Waals surface area contributed by atoms with Gasteiger partial charge in [-0.15, -0.1) is 0 Å². The van der Waals surface area contributed by atoms with Gasteiger partial charge in [-0.25, -0.2) is 64.1 Å². The highest BCUT2D eigenvalue weighted by Crippen LogP contribution is 2.45. The number of hydrogen-bond acceptors (Lipinski definition) is 19. The molecule has 686 valence electrons. The summed E-state index contributed by atoms with van der Waals surface area (Å²) in [6, 6.07) is 24.5. The first-order valence-electron chi connectivity index (χ1n) is 43.7. The van der Waals surface area contributed by atoms with Gasteiger partial charge in [-0.1, -0.05) is 19.0 Å². The quantitative estimate of drug-likeness (QED) is 0.0885. The number of anilines is 3. The Morgan fingerprint density at radius 1 is 0.462 bits per heavy atom.